The van der Waals surface area contributed by atoms with Crippen LogP contribution in [0.25, 0.3) is 11.0 Å². The van der Waals surface area contributed by atoms with Gasteiger partial charge in [-0.15, -0.1) is 0 Å². The molecule has 8 heteroatoms. The molecule has 1 saturated heterocycles. The maximum atomic E-state index is 12.6. The Hall–Kier alpha value is -3.31. The van der Waals surface area contributed by atoms with Gasteiger partial charge < -0.3 is 26.3 Å². The molecule has 2 aliphatic heterocycles. The molecule has 0 saturated carbocycles. The van der Waals surface area contributed by atoms with E-state index in [0.29, 0.717) is 35.6 Å². The van der Waals surface area contributed by atoms with Gasteiger partial charge in [-0.25, -0.2) is 4.98 Å². The second-order valence-electron chi connectivity index (χ2n) is 6.79. The van der Waals surface area contributed by atoms with E-state index in [4.69, 9.17) is 5.73 Å². The number of rotatable bonds is 3. The lowest BCUT2D eigenvalue weighted by molar-refractivity contribution is -0.112. The molecule has 0 aliphatic carbocycles. The Morgan fingerprint density at radius 1 is 1.48 bits per heavy atom. The quantitative estimate of drug-likeness (QED) is 0.653. The molecule has 0 radical (unpaired) electrons. The predicted molar refractivity (Wildman–Crippen MR) is 104 cm³/mol. The molecule has 2 aromatic heterocycles. The van der Waals surface area contributed by atoms with Crippen molar-refractivity contribution in [1.29, 1.82) is 5.26 Å². The molecule has 0 unspecified atom stereocenters. The molecule has 27 heavy (non-hydrogen) atoms. The van der Waals surface area contributed by atoms with Crippen molar-refractivity contribution in [3.8, 4) is 6.07 Å². The lowest BCUT2D eigenvalue weighted by atomic mass is 10.0. The number of hydrogen-bond donors (Lipinski definition) is 4. The fourth-order valence-electron chi connectivity index (χ4n) is 3.62. The maximum absolute atomic E-state index is 12.6. The molecular formula is C19H21N7O. The minimum atomic E-state index is -0.184. The molecule has 1 amide bonds. The normalized spacial score (nSPS) is 19.3. The number of pyridine rings is 1. The smallest absolute Gasteiger partial charge is 0.253 e. The summed E-state index contributed by atoms with van der Waals surface area (Å²) in [5.41, 5.74) is 9.30. The monoisotopic (exact) mass is 363 g/mol. The molecule has 4 heterocycles. The minimum absolute atomic E-state index is 0.0655. The van der Waals surface area contributed by atoms with Crippen molar-refractivity contribution in [2.75, 3.05) is 29.9 Å². The Bertz CT molecular complexity index is 982. The van der Waals surface area contributed by atoms with Crippen LogP contribution >= 0.6 is 0 Å². The molecule has 0 aromatic carbocycles. The van der Waals surface area contributed by atoms with E-state index in [9.17, 15) is 10.1 Å². The van der Waals surface area contributed by atoms with Gasteiger partial charge in [0.15, 0.2) is 0 Å². The van der Waals surface area contributed by atoms with Gasteiger partial charge in [-0.2, -0.15) is 5.26 Å². The van der Waals surface area contributed by atoms with Gasteiger partial charge in [0.1, 0.15) is 11.7 Å². The lowest BCUT2D eigenvalue weighted by Crippen LogP contribution is -2.43. The van der Waals surface area contributed by atoms with E-state index < -0.39 is 0 Å². The number of nitrogens with one attached hydrogen (secondary N) is 3. The first-order chi connectivity index (χ1) is 13.2. The Morgan fingerprint density at radius 2 is 2.37 bits per heavy atom. The fraction of sp³-hybridized carbons (Fsp3) is 0.316. The largest absolute Gasteiger partial charge is 0.387 e. The van der Waals surface area contributed by atoms with Crippen molar-refractivity contribution in [1.82, 2.24) is 15.3 Å². The predicted octanol–water partition coefficient (Wildman–Crippen LogP) is 1.34. The molecule has 0 bridgehead atoms. The van der Waals surface area contributed by atoms with E-state index in [2.05, 4.69) is 31.6 Å². The van der Waals surface area contributed by atoms with Crippen LogP contribution in [0.5, 0.6) is 0 Å². The van der Waals surface area contributed by atoms with E-state index in [1.165, 1.54) is 0 Å². The van der Waals surface area contributed by atoms with Gasteiger partial charge in [0.25, 0.3) is 5.91 Å². The summed E-state index contributed by atoms with van der Waals surface area (Å²) in [6.07, 6.45) is 10.6. The van der Waals surface area contributed by atoms with Crippen LogP contribution in [0.1, 0.15) is 18.4 Å². The Labute approximate surface area is 156 Å². The van der Waals surface area contributed by atoms with Crippen LogP contribution in [0.3, 0.4) is 0 Å². The number of dihydropyridines is 1. The van der Waals surface area contributed by atoms with E-state index in [1.807, 2.05) is 0 Å². The molecule has 138 valence electrons. The summed E-state index contributed by atoms with van der Waals surface area (Å²) >= 11 is 0. The minimum Gasteiger partial charge on any atom is -0.387 e. The summed E-state index contributed by atoms with van der Waals surface area (Å²) in [6, 6.07) is 2.30. The van der Waals surface area contributed by atoms with Crippen molar-refractivity contribution >= 4 is 28.3 Å². The van der Waals surface area contributed by atoms with Gasteiger partial charge in [0, 0.05) is 43.6 Å². The first-order valence-corrected chi connectivity index (χ1v) is 8.98. The second kappa shape index (κ2) is 7.13. The summed E-state index contributed by atoms with van der Waals surface area (Å²) in [7, 11) is 0. The van der Waals surface area contributed by atoms with Gasteiger partial charge in [0.05, 0.1) is 22.3 Å². The number of nitrogens with two attached hydrogens (primary N) is 1. The molecule has 4 rings (SSSR count). The lowest BCUT2D eigenvalue weighted by Gasteiger charge is -2.33. The number of allylic oxidation sites excluding steroid dienone is 2. The van der Waals surface area contributed by atoms with Gasteiger partial charge in [0.2, 0.25) is 0 Å². The van der Waals surface area contributed by atoms with Crippen LogP contribution in [-0.2, 0) is 4.79 Å². The average Bonchev–Trinajstić information content (AvgIpc) is 3.10. The molecule has 2 aliphatic rings. The van der Waals surface area contributed by atoms with Crippen molar-refractivity contribution < 1.29 is 4.79 Å². The van der Waals surface area contributed by atoms with Crippen LogP contribution in [-0.4, -0.2) is 41.6 Å². The molecule has 1 atom stereocenters. The number of hydrogen-bond acceptors (Lipinski definition) is 6. The number of nitriles is 1. The number of piperidine rings is 1. The second-order valence-corrected chi connectivity index (χ2v) is 6.79. The highest BCUT2D eigenvalue weighted by Gasteiger charge is 2.25. The van der Waals surface area contributed by atoms with Gasteiger partial charge in [-0.05, 0) is 25.1 Å². The number of carbonyl (C=O) groups excluding carboxylic acids is 1. The zero-order chi connectivity index (χ0) is 18.8. The van der Waals surface area contributed by atoms with E-state index in [-0.39, 0.29) is 11.9 Å². The number of aromatic amines is 1. The van der Waals surface area contributed by atoms with Crippen molar-refractivity contribution in [2.24, 2.45) is 5.73 Å². The number of H-pyrrole nitrogens is 1. The molecule has 5 N–H and O–H groups in total. The van der Waals surface area contributed by atoms with Crippen molar-refractivity contribution in [3.05, 3.63) is 41.9 Å². The highest BCUT2D eigenvalue weighted by atomic mass is 16.1. The average molecular weight is 363 g/mol. The van der Waals surface area contributed by atoms with E-state index in [0.717, 1.165) is 30.5 Å². The standard InChI is InChI=1S/C19H21N7O/c20-7-13-9-23-18-16(17(13)26-6-2-4-14(21)11-26)15(10-24-18)25-19(27)12-3-1-5-22-8-12/h1,3,5,9-10,14,22H,2,4,6,8,11,21H2,(H,23,24)(H,25,27)/t14-/m1/s1. The zero-order valence-corrected chi connectivity index (χ0v) is 14.8. The molecular weight excluding hydrogens is 342 g/mol. The van der Waals surface area contributed by atoms with Crippen LogP contribution in [0.15, 0.2) is 36.3 Å². The maximum Gasteiger partial charge on any atom is 0.253 e. The summed E-state index contributed by atoms with van der Waals surface area (Å²) in [6.45, 7) is 1.96. The molecule has 1 fully saturated rings. The first-order valence-electron chi connectivity index (χ1n) is 8.98. The van der Waals surface area contributed by atoms with Gasteiger partial charge in [-0.3, -0.25) is 4.79 Å². The first kappa shape index (κ1) is 17.1. The van der Waals surface area contributed by atoms with Gasteiger partial charge in [-0.1, -0.05) is 6.08 Å². The number of carbonyl (C=O) groups is 1. The van der Waals surface area contributed by atoms with Crippen LogP contribution in [0.2, 0.25) is 0 Å². The number of anilines is 2. The van der Waals surface area contributed by atoms with Crippen LogP contribution in [0, 0.1) is 11.3 Å². The summed E-state index contributed by atoms with van der Waals surface area (Å²) in [5.74, 6) is -0.184. The van der Waals surface area contributed by atoms with Crippen molar-refractivity contribution in [2.45, 2.75) is 18.9 Å². The number of amides is 1. The van der Waals surface area contributed by atoms with Gasteiger partial charge >= 0.3 is 0 Å². The molecule has 0 spiro atoms. The third-order valence-corrected chi connectivity index (χ3v) is 4.91. The zero-order valence-electron chi connectivity index (χ0n) is 14.8. The summed E-state index contributed by atoms with van der Waals surface area (Å²) in [5, 5.41) is 16.3. The number of aromatic nitrogens is 2. The number of nitrogens with zero attached hydrogens (tertiary/aromatic N) is 3. The van der Waals surface area contributed by atoms with Crippen molar-refractivity contribution in [3.63, 3.8) is 0 Å². The third kappa shape index (κ3) is 3.25. The Kier molecular flexibility index (Phi) is 4.52. The SMILES string of the molecule is N#Cc1cnc2[nH]cc(NC(=O)C3=CC=CNC3)c2c1N1CCC[C@@H](N)C1. The molecule has 8 nitrogen and oxygen atoms in total. The highest BCUT2D eigenvalue weighted by molar-refractivity contribution is 6.12. The highest BCUT2D eigenvalue weighted by Crippen LogP contribution is 2.36. The topological polar surface area (TPSA) is 123 Å². The van der Waals surface area contributed by atoms with Crippen LogP contribution in [0.4, 0.5) is 11.4 Å². The Morgan fingerprint density at radius 3 is 3.11 bits per heavy atom. The van der Waals surface area contributed by atoms with E-state index in [1.54, 1.807) is 30.7 Å². The fourth-order valence-corrected chi connectivity index (χ4v) is 3.62. The van der Waals surface area contributed by atoms with Crippen LogP contribution < -0.4 is 21.3 Å². The number of fused-ring (bicyclic) bond motifs is 1. The molecule has 2 aromatic rings. The Balaban J connectivity index is 1.76. The summed E-state index contributed by atoms with van der Waals surface area (Å²) < 4.78 is 0. The van der Waals surface area contributed by atoms with E-state index >= 15 is 0 Å². The third-order valence-electron chi connectivity index (χ3n) is 4.91. The summed E-state index contributed by atoms with van der Waals surface area (Å²) in [4.78, 5) is 22.2.